The third kappa shape index (κ3) is 7.83. The summed E-state index contributed by atoms with van der Waals surface area (Å²) >= 11 is 0. The van der Waals surface area contributed by atoms with Gasteiger partial charge in [0.15, 0.2) is 5.96 Å². The number of nitrogens with zero attached hydrogens (tertiary/aromatic N) is 2. The minimum atomic E-state index is 0. The summed E-state index contributed by atoms with van der Waals surface area (Å²) in [5.41, 5.74) is 9.31. The molecule has 29 heavy (non-hydrogen) atoms. The fourth-order valence-corrected chi connectivity index (χ4v) is 3.07. The summed E-state index contributed by atoms with van der Waals surface area (Å²) in [6.07, 6.45) is 1.02. The zero-order valence-corrected chi connectivity index (χ0v) is 19.3. The number of benzene rings is 2. The second-order valence-corrected chi connectivity index (χ2v) is 6.79. The number of anilines is 1. The lowest BCUT2D eigenvalue weighted by molar-refractivity contribution is 0.0322. The number of aliphatic imine (C=N–C) groups is 1. The molecule has 0 amide bonds. The molecular formula is C22H31IN4O2. The van der Waals surface area contributed by atoms with Gasteiger partial charge in [-0.3, -0.25) is 4.90 Å². The first-order chi connectivity index (χ1) is 13.7. The Morgan fingerprint density at radius 3 is 2.59 bits per heavy atom. The lowest BCUT2D eigenvalue weighted by atomic mass is 10.1. The molecule has 2 aromatic carbocycles. The van der Waals surface area contributed by atoms with Gasteiger partial charge in [0.1, 0.15) is 12.4 Å². The lowest BCUT2D eigenvalue weighted by Crippen LogP contribution is -2.38. The number of halogens is 1. The highest BCUT2D eigenvalue weighted by atomic mass is 127. The van der Waals surface area contributed by atoms with Gasteiger partial charge >= 0.3 is 0 Å². The molecule has 1 aliphatic rings. The molecule has 0 saturated carbocycles. The zero-order chi connectivity index (χ0) is 19.6. The summed E-state index contributed by atoms with van der Waals surface area (Å²) in [6.45, 7) is 7.71. The third-order valence-electron chi connectivity index (χ3n) is 4.80. The fourth-order valence-electron chi connectivity index (χ4n) is 3.07. The lowest BCUT2D eigenvalue weighted by Gasteiger charge is -2.26. The molecule has 1 fully saturated rings. The Morgan fingerprint density at radius 1 is 1.14 bits per heavy atom. The monoisotopic (exact) mass is 510 g/mol. The molecule has 1 heterocycles. The van der Waals surface area contributed by atoms with Crippen LogP contribution in [0.3, 0.4) is 0 Å². The van der Waals surface area contributed by atoms with Crippen molar-refractivity contribution >= 4 is 35.6 Å². The van der Waals surface area contributed by atoms with Crippen LogP contribution in [-0.2, 0) is 17.7 Å². The van der Waals surface area contributed by atoms with Crippen LogP contribution in [0.4, 0.5) is 5.69 Å². The molecule has 0 bridgehead atoms. The van der Waals surface area contributed by atoms with Crippen LogP contribution in [0.25, 0.3) is 0 Å². The molecule has 3 N–H and O–H groups in total. The number of ether oxygens (including phenoxy) is 2. The maximum atomic E-state index is 6.05. The van der Waals surface area contributed by atoms with Gasteiger partial charge in [0, 0.05) is 30.9 Å². The van der Waals surface area contributed by atoms with Crippen LogP contribution in [0, 0.1) is 0 Å². The zero-order valence-electron chi connectivity index (χ0n) is 17.0. The van der Waals surface area contributed by atoms with Crippen molar-refractivity contribution in [2.45, 2.75) is 19.9 Å². The van der Waals surface area contributed by atoms with Gasteiger partial charge < -0.3 is 20.5 Å². The van der Waals surface area contributed by atoms with E-state index in [-0.39, 0.29) is 24.0 Å². The van der Waals surface area contributed by atoms with Crippen LogP contribution in [-0.4, -0.2) is 50.3 Å². The molecule has 3 rings (SSSR count). The predicted octanol–water partition coefficient (Wildman–Crippen LogP) is 3.50. The van der Waals surface area contributed by atoms with E-state index in [1.807, 2.05) is 36.4 Å². The van der Waals surface area contributed by atoms with Crippen molar-refractivity contribution in [1.82, 2.24) is 4.90 Å². The first-order valence-electron chi connectivity index (χ1n) is 9.91. The average Bonchev–Trinajstić information content (AvgIpc) is 2.74. The molecule has 0 unspecified atom stereocenters. The molecule has 6 nitrogen and oxygen atoms in total. The standard InChI is InChI=1S/C22H30N4O2.HI/c1-2-18-7-9-20(10-8-18)25-22(23)24-17-19-5-3-4-6-21(19)28-16-13-26-11-14-27-15-12-26;/h3-10H,2,11-17H2,1H3,(H3,23,24,25);1H. The molecule has 2 aromatic rings. The van der Waals surface area contributed by atoms with Crippen LogP contribution in [0.5, 0.6) is 5.75 Å². The number of hydrogen-bond donors (Lipinski definition) is 2. The molecule has 0 aromatic heterocycles. The molecule has 0 atom stereocenters. The van der Waals surface area contributed by atoms with Crippen LogP contribution < -0.4 is 15.8 Å². The molecule has 1 aliphatic heterocycles. The van der Waals surface area contributed by atoms with Gasteiger partial charge in [0.05, 0.1) is 19.8 Å². The molecular weight excluding hydrogens is 479 g/mol. The highest BCUT2D eigenvalue weighted by molar-refractivity contribution is 14.0. The van der Waals surface area contributed by atoms with Crippen LogP contribution in [0.2, 0.25) is 0 Å². The van der Waals surface area contributed by atoms with E-state index in [0.717, 1.165) is 56.3 Å². The van der Waals surface area contributed by atoms with E-state index in [9.17, 15) is 0 Å². The van der Waals surface area contributed by atoms with E-state index in [0.29, 0.717) is 19.1 Å². The second kappa shape index (κ2) is 12.7. The summed E-state index contributed by atoms with van der Waals surface area (Å²) in [7, 11) is 0. The molecule has 0 spiro atoms. The Bertz CT molecular complexity index is 762. The van der Waals surface area contributed by atoms with E-state index in [2.05, 4.69) is 34.3 Å². The van der Waals surface area contributed by atoms with Crippen LogP contribution in [0.15, 0.2) is 53.5 Å². The number of aryl methyl sites for hydroxylation is 1. The quantitative estimate of drug-likeness (QED) is 0.323. The Morgan fingerprint density at radius 2 is 1.86 bits per heavy atom. The first kappa shape index (κ1) is 23.4. The largest absolute Gasteiger partial charge is 0.492 e. The summed E-state index contributed by atoms with van der Waals surface area (Å²) in [6, 6.07) is 16.2. The average molecular weight is 510 g/mol. The Hall–Kier alpha value is -1.84. The maximum absolute atomic E-state index is 6.05. The molecule has 0 aliphatic carbocycles. The minimum Gasteiger partial charge on any atom is -0.492 e. The third-order valence-corrected chi connectivity index (χ3v) is 4.80. The number of rotatable bonds is 8. The van der Waals surface area contributed by atoms with E-state index in [4.69, 9.17) is 15.2 Å². The fraction of sp³-hybridized carbons (Fsp3) is 0.409. The summed E-state index contributed by atoms with van der Waals surface area (Å²) < 4.78 is 11.4. The van der Waals surface area contributed by atoms with E-state index in [1.165, 1.54) is 5.56 Å². The van der Waals surface area contributed by atoms with Crippen LogP contribution >= 0.6 is 24.0 Å². The van der Waals surface area contributed by atoms with Crippen molar-refractivity contribution in [3.63, 3.8) is 0 Å². The number of para-hydroxylation sites is 1. The summed E-state index contributed by atoms with van der Waals surface area (Å²) in [5.74, 6) is 1.26. The number of guanidine groups is 1. The maximum Gasteiger partial charge on any atom is 0.193 e. The Labute approximate surface area is 190 Å². The van der Waals surface area contributed by atoms with E-state index in [1.54, 1.807) is 0 Å². The van der Waals surface area contributed by atoms with E-state index >= 15 is 0 Å². The SMILES string of the molecule is CCc1ccc(NC(N)=NCc2ccccc2OCCN2CCOCC2)cc1.I. The number of morpholine rings is 1. The van der Waals surface area contributed by atoms with Crippen LogP contribution in [0.1, 0.15) is 18.1 Å². The van der Waals surface area contributed by atoms with Gasteiger partial charge in [-0.05, 0) is 30.2 Å². The first-order valence-corrected chi connectivity index (χ1v) is 9.91. The van der Waals surface area contributed by atoms with Crippen molar-refractivity contribution in [2.24, 2.45) is 10.7 Å². The summed E-state index contributed by atoms with van der Waals surface area (Å²) in [5, 5.41) is 3.14. The predicted molar refractivity (Wildman–Crippen MR) is 129 cm³/mol. The van der Waals surface area contributed by atoms with Crippen molar-refractivity contribution < 1.29 is 9.47 Å². The molecule has 158 valence electrons. The molecule has 0 radical (unpaired) electrons. The van der Waals surface area contributed by atoms with Gasteiger partial charge in [-0.2, -0.15) is 0 Å². The normalized spacial score (nSPS) is 14.9. The van der Waals surface area contributed by atoms with Gasteiger partial charge in [-0.1, -0.05) is 37.3 Å². The summed E-state index contributed by atoms with van der Waals surface area (Å²) in [4.78, 5) is 6.82. The highest BCUT2D eigenvalue weighted by Gasteiger charge is 2.10. The van der Waals surface area contributed by atoms with Gasteiger partial charge in [0.2, 0.25) is 0 Å². The second-order valence-electron chi connectivity index (χ2n) is 6.79. The van der Waals surface area contributed by atoms with E-state index < -0.39 is 0 Å². The van der Waals surface area contributed by atoms with Gasteiger partial charge in [-0.15, -0.1) is 24.0 Å². The van der Waals surface area contributed by atoms with Crippen molar-refractivity contribution in [1.29, 1.82) is 0 Å². The van der Waals surface area contributed by atoms with Gasteiger partial charge in [-0.25, -0.2) is 4.99 Å². The number of nitrogens with two attached hydrogens (primary N) is 1. The van der Waals surface area contributed by atoms with Crippen molar-refractivity contribution in [2.75, 3.05) is 44.8 Å². The smallest absolute Gasteiger partial charge is 0.193 e. The highest BCUT2D eigenvalue weighted by Crippen LogP contribution is 2.19. The number of hydrogen-bond acceptors (Lipinski definition) is 4. The molecule has 1 saturated heterocycles. The topological polar surface area (TPSA) is 72.1 Å². The Balaban J connectivity index is 0.00000300. The number of nitrogens with one attached hydrogen (secondary N) is 1. The van der Waals surface area contributed by atoms with Gasteiger partial charge in [0.25, 0.3) is 0 Å². The van der Waals surface area contributed by atoms with Crippen molar-refractivity contribution in [3.8, 4) is 5.75 Å². The minimum absolute atomic E-state index is 0. The molecule has 7 heteroatoms. The Kier molecular flexibility index (Phi) is 10.2. The van der Waals surface area contributed by atoms with Crippen molar-refractivity contribution in [3.05, 3.63) is 59.7 Å².